The van der Waals surface area contributed by atoms with Crippen molar-refractivity contribution >= 4 is 5.91 Å². The highest BCUT2D eigenvalue weighted by molar-refractivity contribution is 5.95. The molecule has 3 aromatic rings. The highest BCUT2D eigenvalue weighted by atomic mass is 16.7. The Balaban J connectivity index is 1.21. The van der Waals surface area contributed by atoms with Crippen LogP contribution in [0.2, 0.25) is 0 Å². The molecule has 31 heavy (non-hydrogen) atoms. The predicted octanol–water partition coefficient (Wildman–Crippen LogP) is 3.29. The molecule has 1 fully saturated rings. The summed E-state index contributed by atoms with van der Waals surface area (Å²) in [7, 11) is 0. The summed E-state index contributed by atoms with van der Waals surface area (Å²) in [5.41, 5.74) is 2.74. The number of hydrogen-bond donors (Lipinski definition) is 0. The Labute approximate surface area is 180 Å². The lowest BCUT2D eigenvalue weighted by atomic mass is 10.1. The van der Waals surface area contributed by atoms with Crippen molar-refractivity contribution < 1.29 is 18.8 Å². The number of aryl methyl sites for hydroxylation is 1. The molecule has 0 bridgehead atoms. The summed E-state index contributed by atoms with van der Waals surface area (Å²) in [4.78, 5) is 21.6. The highest BCUT2D eigenvalue weighted by Crippen LogP contribution is 2.33. The number of amides is 1. The molecule has 1 unspecified atom stereocenters. The standard InChI is InChI=1S/C23H24N4O4/c1-15-3-5-17(6-4-15)21-24-22(31-25-21)16(2)26-9-11-27(12-10-26)23(28)18-7-8-19-20(13-18)30-14-29-19/h3-8,13,16H,9-12,14H2,1-2H3. The summed E-state index contributed by atoms with van der Waals surface area (Å²) in [5.74, 6) is 2.49. The van der Waals surface area contributed by atoms with Gasteiger partial charge >= 0.3 is 0 Å². The molecule has 2 aromatic carbocycles. The Morgan fingerprint density at radius 2 is 1.74 bits per heavy atom. The number of nitrogens with zero attached hydrogens (tertiary/aromatic N) is 4. The Kier molecular flexibility index (Phi) is 5.07. The second kappa shape index (κ2) is 8.03. The largest absolute Gasteiger partial charge is 0.454 e. The van der Waals surface area contributed by atoms with Gasteiger partial charge in [-0.15, -0.1) is 0 Å². The molecule has 2 aliphatic heterocycles. The van der Waals surface area contributed by atoms with E-state index in [0.29, 0.717) is 41.9 Å². The number of piperazine rings is 1. The van der Waals surface area contributed by atoms with E-state index >= 15 is 0 Å². The van der Waals surface area contributed by atoms with Gasteiger partial charge in [0.2, 0.25) is 18.5 Å². The molecule has 3 heterocycles. The molecule has 5 rings (SSSR count). The fourth-order valence-corrected chi connectivity index (χ4v) is 3.91. The molecule has 1 atom stereocenters. The minimum atomic E-state index is -0.0190. The van der Waals surface area contributed by atoms with E-state index in [4.69, 9.17) is 14.0 Å². The van der Waals surface area contributed by atoms with E-state index in [9.17, 15) is 4.79 Å². The van der Waals surface area contributed by atoms with E-state index in [-0.39, 0.29) is 18.7 Å². The van der Waals surface area contributed by atoms with E-state index in [0.717, 1.165) is 18.7 Å². The molecule has 0 saturated carbocycles. The third-order valence-electron chi connectivity index (χ3n) is 5.88. The third-order valence-corrected chi connectivity index (χ3v) is 5.88. The lowest BCUT2D eigenvalue weighted by Gasteiger charge is -2.36. The topological polar surface area (TPSA) is 80.9 Å². The molecule has 2 aliphatic rings. The Hall–Kier alpha value is -3.39. The summed E-state index contributed by atoms with van der Waals surface area (Å²) in [6, 6.07) is 13.4. The normalized spacial score (nSPS) is 17.0. The van der Waals surface area contributed by atoms with E-state index in [1.165, 1.54) is 5.56 Å². The first-order chi connectivity index (χ1) is 15.1. The smallest absolute Gasteiger partial charge is 0.254 e. The summed E-state index contributed by atoms with van der Waals surface area (Å²) in [6.07, 6.45) is 0. The zero-order valence-corrected chi connectivity index (χ0v) is 17.6. The van der Waals surface area contributed by atoms with Gasteiger partial charge in [0, 0.05) is 37.3 Å². The molecular weight excluding hydrogens is 396 g/mol. The van der Waals surface area contributed by atoms with Crippen LogP contribution < -0.4 is 9.47 Å². The van der Waals surface area contributed by atoms with Crippen molar-refractivity contribution in [2.24, 2.45) is 0 Å². The van der Waals surface area contributed by atoms with Crippen LogP contribution in [0.3, 0.4) is 0 Å². The summed E-state index contributed by atoms with van der Waals surface area (Å²) in [5, 5.41) is 4.14. The van der Waals surface area contributed by atoms with Gasteiger partial charge < -0.3 is 18.9 Å². The molecule has 1 saturated heterocycles. The van der Waals surface area contributed by atoms with Crippen molar-refractivity contribution in [3.8, 4) is 22.9 Å². The number of aromatic nitrogens is 2. The van der Waals surface area contributed by atoms with E-state index in [1.807, 2.05) is 36.1 Å². The minimum absolute atomic E-state index is 0.00468. The second-order valence-electron chi connectivity index (χ2n) is 7.89. The fraction of sp³-hybridized carbons (Fsp3) is 0.348. The molecule has 0 spiro atoms. The van der Waals surface area contributed by atoms with Crippen molar-refractivity contribution in [3.05, 3.63) is 59.5 Å². The Bertz CT molecular complexity index is 1090. The first kappa shape index (κ1) is 19.6. The van der Waals surface area contributed by atoms with Crippen LogP contribution in [0.5, 0.6) is 11.5 Å². The number of rotatable bonds is 4. The number of carbonyl (C=O) groups excluding carboxylic acids is 1. The molecule has 0 N–H and O–H groups in total. The van der Waals surface area contributed by atoms with E-state index < -0.39 is 0 Å². The lowest BCUT2D eigenvalue weighted by Crippen LogP contribution is -2.49. The number of benzene rings is 2. The molecule has 0 aliphatic carbocycles. The fourth-order valence-electron chi connectivity index (χ4n) is 3.91. The Morgan fingerprint density at radius 3 is 2.52 bits per heavy atom. The van der Waals surface area contributed by atoms with Gasteiger partial charge in [-0.2, -0.15) is 4.98 Å². The van der Waals surface area contributed by atoms with Crippen molar-refractivity contribution in [2.75, 3.05) is 33.0 Å². The first-order valence-electron chi connectivity index (χ1n) is 10.4. The van der Waals surface area contributed by atoms with Gasteiger partial charge in [0.1, 0.15) is 0 Å². The van der Waals surface area contributed by atoms with Crippen LogP contribution in [0.1, 0.15) is 34.8 Å². The van der Waals surface area contributed by atoms with Crippen molar-refractivity contribution in [2.45, 2.75) is 19.9 Å². The van der Waals surface area contributed by atoms with Crippen molar-refractivity contribution in [1.29, 1.82) is 0 Å². The van der Waals surface area contributed by atoms with Crippen LogP contribution >= 0.6 is 0 Å². The number of carbonyl (C=O) groups is 1. The molecule has 1 aromatic heterocycles. The maximum Gasteiger partial charge on any atom is 0.254 e. The molecule has 0 radical (unpaired) electrons. The Morgan fingerprint density at radius 1 is 1.00 bits per heavy atom. The predicted molar refractivity (Wildman–Crippen MR) is 113 cm³/mol. The zero-order chi connectivity index (χ0) is 21.4. The SMILES string of the molecule is Cc1ccc(-c2noc(C(C)N3CCN(C(=O)c4ccc5c(c4)OCO5)CC3)n2)cc1. The minimum Gasteiger partial charge on any atom is -0.454 e. The van der Waals surface area contributed by atoms with Crippen LogP contribution in [0.25, 0.3) is 11.4 Å². The van der Waals surface area contributed by atoms with Gasteiger partial charge in [-0.25, -0.2) is 0 Å². The monoisotopic (exact) mass is 420 g/mol. The average molecular weight is 420 g/mol. The lowest BCUT2D eigenvalue weighted by molar-refractivity contribution is 0.0551. The first-order valence-corrected chi connectivity index (χ1v) is 10.4. The third kappa shape index (κ3) is 3.86. The summed E-state index contributed by atoms with van der Waals surface area (Å²) in [6.45, 7) is 7.05. The van der Waals surface area contributed by atoms with Gasteiger partial charge in [-0.3, -0.25) is 9.69 Å². The highest BCUT2D eigenvalue weighted by Gasteiger charge is 2.29. The number of ether oxygens (including phenoxy) is 2. The summed E-state index contributed by atoms with van der Waals surface area (Å²) >= 11 is 0. The van der Waals surface area contributed by atoms with Gasteiger partial charge in [0.25, 0.3) is 5.91 Å². The molecule has 8 nitrogen and oxygen atoms in total. The van der Waals surface area contributed by atoms with Crippen LogP contribution in [-0.2, 0) is 0 Å². The van der Waals surface area contributed by atoms with Gasteiger partial charge in [-0.1, -0.05) is 35.0 Å². The second-order valence-corrected chi connectivity index (χ2v) is 7.89. The summed E-state index contributed by atoms with van der Waals surface area (Å²) < 4.78 is 16.3. The number of hydrogen-bond acceptors (Lipinski definition) is 7. The molecule has 160 valence electrons. The molecular formula is C23H24N4O4. The quantitative estimate of drug-likeness (QED) is 0.641. The zero-order valence-electron chi connectivity index (χ0n) is 17.6. The average Bonchev–Trinajstić information content (AvgIpc) is 3.48. The van der Waals surface area contributed by atoms with Crippen molar-refractivity contribution in [3.63, 3.8) is 0 Å². The van der Waals surface area contributed by atoms with Gasteiger partial charge in [0.05, 0.1) is 6.04 Å². The van der Waals surface area contributed by atoms with E-state index in [2.05, 4.69) is 22.0 Å². The van der Waals surface area contributed by atoms with Crippen LogP contribution in [-0.4, -0.2) is 58.8 Å². The van der Waals surface area contributed by atoms with Crippen LogP contribution in [0.4, 0.5) is 0 Å². The van der Waals surface area contributed by atoms with Crippen LogP contribution in [0.15, 0.2) is 47.0 Å². The van der Waals surface area contributed by atoms with E-state index in [1.54, 1.807) is 18.2 Å². The number of fused-ring (bicyclic) bond motifs is 1. The van der Waals surface area contributed by atoms with Crippen molar-refractivity contribution in [1.82, 2.24) is 19.9 Å². The molecule has 1 amide bonds. The maximum absolute atomic E-state index is 12.9. The van der Waals surface area contributed by atoms with Gasteiger partial charge in [-0.05, 0) is 32.0 Å². The molecule has 8 heteroatoms. The van der Waals surface area contributed by atoms with Crippen LogP contribution in [0, 0.1) is 6.92 Å². The van der Waals surface area contributed by atoms with Gasteiger partial charge in [0.15, 0.2) is 11.5 Å². The maximum atomic E-state index is 12.9.